The molecule has 0 aromatic carbocycles. The summed E-state index contributed by atoms with van der Waals surface area (Å²) in [6.45, 7) is 6.34. The molecule has 0 bridgehead atoms. The molecular weight excluding hydrogens is 214 g/mol. The summed E-state index contributed by atoms with van der Waals surface area (Å²) in [7, 11) is 0. The molecule has 1 N–H and O–H groups in total. The highest BCUT2D eigenvalue weighted by Crippen LogP contribution is 2.42. The lowest BCUT2D eigenvalue weighted by molar-refractivity contribution is -0.160. The number of carboxylic acids is 1. The van der Waals surface area contributed by atoms with E-state index in [9.17, 15) is 9.90 Å². The highest BCUT2D eigenvalue weighted by molar-refractivity contribution is 5.79. The molecule has 3 unspecified atom stereocenters. The van der Waals surface area contributed by atoms with E-state index < -0.39 is 11.5 Å². The van der Waals surface area contributed by atoms with Gasteiger partial charge in [-0.1, -0.05) is 20.3 Å². The zero-order chi connectivity index (χ0) is 12.5. The number of carboxylic acid groups (broad SMARTS) is 1. The van der Waals surface area contributed by atoms with Crippen LogP contribution in [0.2, 0.25) is 0 Å². The maximum atomic E-state index is 11.9. The van der Waals surface area contributed by atoms with Crippen LogP contribution in [0.15, 0.2) is 0 Å². The summed E-state index contributed by atoms with van der Waals surface area (Å²) in [6.07, 6.45) is 6.55. The summed E-state index contributed by atoms with van der Waals surface area (Å²) in [5.74, 6) is 0.378. The van der Waals surface area contributed by atoms with Gasteiger partial charge in [0.15, 0.2) is 0 Å². The van der Waals surface area contributed by atoms with E-state index in [-0.39, 0.29) is 5.92 Å². The molecule has 0 spiro atoms. The predicted molar refractivity (Wildman–Crippen MR) is 68.0 cm³/mol. The van der Waals surface area contributed by atoms with Gasteiger partial charge in [-0.3, -0.25) is 9.69 Å². The molecule has 1 saturated heterocycles. The minimum atomic E-state index is -0.584. The fraction of sp³-hybridized carbons (Fsp3) is 0.929. The van der Waals surface area contributed by atoms with Gasteiger partial charge < -0.3 is 5.11 Å². The van der Waals surface area contributed by atoms with Crippen molar-refractivity contribution < 1.29 is 9.90 Å². The van der Waals surface area contributed by atoms with E-state index in [0.29, 0.717) is 5.92 Å². The normalized spacial score (nSPS) is 40.1. The lowest BCUT2D eigenvalue weighted by Gasteiger charge is -2.50. The smallest absolute Gasteiger partial charge is 0.324 e. The van der Waals surface area contributed by atoms with Crippen LogP contribution in [0.5, 0.6) is 0 Å². The SMILES string of the molecule is CC1CCC(C(=O)O)(N2CCCCC2)C(C)C1. The Bertz CT molecular complexity index is 286. The van der Waals surface area contributed by atoms with Gasteiger partial charge in [-0.2, -0.15) is 0 Å². The number of likely N-dealkylation sites (tertiary alicyclic amines) is 1. The van der Waals surface area contributed by atoms with Crippen molar-refractivity contribution in [2.24, 2.45) is 11.8 Å². The molecule has 2 aliphatic rings. The highest BCUT2D eigenvalue weighted by Gasteiger charge is 2.50. The van der Waals surface area contributed by atoms with E-state index in [1.165, 1.54) is 6.42 Å². The number of rotatable bonds is 2. The first-order valence-corrected chi connectivity index (χ1v) is 7.06. The van der Waals surface area contributed by atoms with Gasteiger partial charge in [-0.15, -0.1) is 0 Å². The largest absolute Gasteiger partial charge is 0.480 e. The average molecular weight is 239 g/mol. The molecule has 0 aromatic rings. The van der Waals surface area contributed by atoms with Crippen molar-refractivity contribution in [1.29, 1.82) is 0 Å². The molecule has 1 aliphatic carbocycles. The number of nitrogens with zero attached hydrogens (tertiary/aromatic N) is 1. The molecule has 3 heteroatoms. The Balaban J connectivity index is 2.22. The van der Waals surface area contributed by atoms with E-state index in [2.05, 4.69) is 18.7 Å². The molecule has 0 radical (unpaired) electrons. The van der Waals surface area contributed by atoms with Crippen molar-refractivity contribution in [3.05, 3.63) is 0 Å². The third-order valence-corrected chi connectivity index (χ3v) is 4.88. The lowest BCUT2D eigenvalue weighted by Crippen LogP contribution is -2.61. The van der Waals surface area contributed by atoms with Crippen molar-refractivity contribution in [2.75, 3.05) is 13.1 Å². The minimum absolute atomic E-state index is 0.279. The van der Waals surface area contributed by atoms with Crippen molar-refractivity contribution in [3.8, 4) is 0 Å². The first-order chi connectivity index (χ1) is 8.07. The Labute approximate surface area is 104 Å². The lowest BCUT2D eigenvalue weighted by atomic mass is 9.68. The quantitative estimate of drug-likeness (QED) is 0.805. The van der Waals surface area contributed by atoms with Crippen LogP contribution in [-0.2, 0) is 4.79 Å². The zero-order valence-corrected chi connectivity index (χ0v) is 11.1. The van der Waals surface area contributed by atoms with Crippen LogP contribution in [0.3, 0.4) is 0 Å². The number of hydrogen-bond acceptors (Lipinski definition) is 2. The first kappa shape index (κ1) is 12.9. The molecule has 0 amide bonds. The number of piperidine rings is 1. The summed E-state index contributed by atoms with van der Waals surface area (Å²) in [6, 6.07) is 0. The van der Waals surface area contributed by atoms with Gasteiger partial charge in [-0.25, -0.2) is 0 Å². The fourth-order valence-electron chi connectivity index (χ4n) is 3.84. The van der Waals surface area contributed by atoms with Gasteiger partial charge in [0.25, 0.3) is 0 Å². The predicted octanol–water partition coefficient (Wildman–Crippen LogP) is 2.75. The van der Waals surface area contributed by atoms with E-state index >= 15 is 0 Å². The van der Waals surface area contributed by atoms with Crippen molar-refractivity contribution in [1.82, 2.24) is 4.90 Å². The Morgan fingerprint density at radius 1 is 1.24 bits per heavy atom. The van der Waals surface area contributed by atoms with Crippen LogP contribution in [0, 0.1) is 11.8 Å². The molecule has 3 nitrogen and oxygen atoms in total. The maximum absolute atomic E-state index is 11.9. The van der Waals surface area contributed by atoms with Crippen LogP contribution >= 0.6 is 0 Å². The van der Waals surface area contributed by atoms with Crippen LogP contribution < -0.4 is 0 Å². The summed E-state index contributed by atoms with van der Waals surface area (Å²) in [5, 5.41) is 9.76. The molecule has 1 heterocycles. The molecule has 98 valence electrons. The molecular formula is C14H25NO2. The Hall–Kier alpha value is -0.570. The summed E-state index contributed by atoms with van der Waals surface area (Å²) in [5.41, 5.74) is -0.563. The van der Waals surface area contributed by atoms with E-state index in [4.69, 9.17) is 0 Å². The van der Waals surface area contributed by atoms with Gasteiger partial charge in [-0.05, 0) is 57.0 Å². The summed E-state index contributed by atoms with van der Waals surface area (Å²) < 4.78 is 0. The topological polar surface area (TPSA) is 40.5 Å². The molecule has 0 aromatic heterocycles. The Morgan fingerprint density at radius 2 is 1.88 bits per heavy atom. The molecule has 2 rings (SSSR count). The monoisotopic (exact) mass is 239 g/mol. The van der Waals surface area contributed by atoms with E-state index in [0.717, 1.165) is 45.2 Å². The van der Waals surface area contributed by atoms with Crippen LogP contribution in [-0.4, -0.2) is 34.6 Å². The molecule has 17 heavy (non-hydrogen) atoms. The molecule has 1 saturated carbocycles. The Morgan fingerprint density at radius 3 is 2.41 bits per heavy atom. The minimum Gasteiger partial charge on any atom is -0.480 e. The zero-order valence-electron chi connectivity index (χ0n) is 11.1. The third-order valence-electron chi connectivity index (χ3n) is 4.88. The van der Waals surface area contributed by atoms with Crippen molar-refractivity contribution in [2.45, 2.75) is 57.9 Å². The maximum Gasteiger partial charge on any atom is 0.324 e. The molecule has 1 aliphatic heterocycles. The second kappa shape index (κ2) is 4.97. The molecule has 2 fully saturated rings. The third kappa shape index (κ3) is 2.22. The number of aliphatic carboxylic acids is 1. The average Bonchev–Trinajstić information content (AvgIpc) is 2.30. The van der Waals surface area contributed by atoms with Gasteiger partial charge in [0, 0.05) is 0 Å². The second-order valence-corrected chi connectivity index (χ2v) is 6.06. The van der Waals surface area contributed by atoms with E-state index in [1.54, 1.807) is 0 Å². The number of carbonyl (C=O) groups is 1. The van der Waals surface area contributed by atoms with Crippen LogP contribution in [0.25, 0.3) is 0 Å². The van der Waals surface area contributed by atoms with Gasteiger partial charge in [0.05, 0.1) is 0 Å². The standard InChI is InChI=1S/C14H25NO2/c1-11-6-7-14(13(16)17,12(2)10-11)15-8-4-3-5-9-15/h11-12H,3-10H2,1-2H3,(H,16,17). The van der Waals surface area contributed by atoms with Gasteiger partial charge in [0.2, 0.25) is 0 Å². The Kier molecular flexibility index (Phi) is 3.76. The highest BCUT2D eigenvalue weighted by atomic mass is 16.4. The van der Waals surface area contributed by atoms with Crippen molar-refractivity contribution in [3.63, 3.8) is 0 Å². The summed E-state index contributed by atoms with van der Waals surface area (Å²) in [4.78, 5) is 14.1. The summed E-state index contributed by atoms with van der Waals surface area (Å²) >= 11 is 0. The van der Waals surface area contributed by atoms with Crippen molar-refractivity contribution >= 4 is 5.97 Å². The number of hydrogen-bond donors (Lipinski definition) is 1. The second-order valence-electron chi connectivity index (χ2n) is 6.06. The van der Waals surface area contributed by atoms with Crippen LogP contribution in [0.1, 0.15) is 52.4 Å². The molecule has 3 atom stereocenters. The van der Waals surface area contributed by atoms with Crippen LogP contribution in [0.4, 0.5) is 0 Å². The first-order valence-electron chi connectivity index (χ1n) is 7.06. The fourth-order valence-corrected chi connectivity index (χ4v) is 3.84. The van der Waals surface area contributed by atoms with E-state index in [1.807, 2.05) is 0 Å². The van der Waals surface area contributed by atoms with Gasteiger partial charge in [0.1, 0.15) is 5.54 Å². The van der Waals surface area contributed by atoms with Gasteiger partial charge >= 0.3 is 5.97 Å².